The topological polar surface area (TPSA) is 113 Å². The van der Waals surface area contributed by atoms with Crippen LogP contribution in [0, 0.1) is 11.3 Å². The Kier molecular flexibility index (Phi) is 6.83. The van der Waals surface area contributed by atoms with Crippen LogP contribution in [-0.4, -0.2) is 32.3 Å². The van der Waals surface area contributed by atoms with Gasteiger partial charge >= 0.3 is 0 Å². The Hall–Kier alpha value is -3.64. The average molecular weight is 420 g/mol. The largest absolute Gasteiger partial charge is 0.326 e. The lowest BCUT2D eigenvalue weighted by Gasteiger charge is -2.09. The fourth-order valence-corrected chi connectivity index (χ4v) is 3.61. The first-order valence-corrected chi connectivity index (χ1v) is 10.2. The van der Waals surface area contributed by atoms with Crippen molar-refractivity contribution < 1.29 is 9.59 Å². The van der Waals surface area contributed by atoms with Crippen LogP contribution in [0.2, 0.25) is 0 Å². The molecule has 0 aliphatic rings. The number of carbonyl (C=O) groups excluding carboxylic acids is 2. The first-order valence-electron chi connectivity index (χ1n) is 9.24. The smallest absolute Gasteiger partial charge is 0.234 e. The minimum atomic E-state index is -0.227. The zero-order valence-corrected chi connectivity index (χ0v) is 17.4. The minimum absolute atomic E-state index is 0.131. The van der Waals surface area contributed by atoms with Gasteiger partial charge in [-0.25, -0.2) is 0 Å². The standard InChI is InChI=1S/C21H20N6O2S/c1-3-27-20(15-8-10-17(11-9-15)23-14(2)28)25-26-21(27)30-13-19(29)24-18-7-5-4-6-16(18)12-22/h4-11H,3,13H2,1-2H3,(H,23,28)(H,24,29). The summed E-state index contributed by atoms with van der Waals surface area (Å²) in [6, 6.07) is 16.2. The van der Waals surface area contributed by atoms with E-state index >= 15 is 0 Å². The summed E-state index contributed by atoms with van der Waals surface area (Å²) in [5.74, 6) is 0.465. The van der Waals surface area contributed by atoms with Crippen molar-refractivity contribution in [3.05, 3.63) is 54.1 Å². The molecule has 2 amide bonds. The summed E-state index contributed by atoms with van der Waals surface area (Å²) in [6.07, 6.45) is 0. The van der Waals surface area contributed by atoms with Gasteiger partial charge in [0, 0.05) is 24.7 Å². The van der Waals surface area contributed by atoms with Crippen LogP contribution in [-0.2, 0) is 16.1 Å². The zero-order chi connectivity index (χ0) is 21.5. The second-order valence-electron chi connectivity index (χ2n) is 6.30. The number of para-hydroxylation sites is 1. The van der Waals surface area contributed by atoms with E-state index in [0.29, 0.717) is 34.5 Å². The van der Waals surface area contributed by atoms with E-state index in [4.69, 9.17) is 5.26 Å². The number of rotatable bonds is 7. The van der Waals surface area contributed by atoms with E-state index in [-0.39, 0.29) is 17.6 Å². The first kappa shape index (κ1) is 21.1. The van der Waals surface area contributed by atoms with Crippen molar-refractivity contribution in [2.75, 3.05) is 16.4 Å². The average Bonchev–Trinajstić information content (AvgIpc) is 3.15. The molecule has 0 saturated heterocycles. The summed E-state index contributed by atoms with van der Waals surface area (Å²) >= 11 is 1.28. The summed E-state index contributed by atoms with van der Waals surface area (Å²) in [5.41, 5.74) is 2.47. The number of carbonyl (C=O) groups is 2. The van der Waals surface area contributed by atoms with Crippen LogP contribution in [0.5, 0.6) is 0 Å². The van der Waals surface area contributed by atoms with E-state index < -0.39 is 0 Å². The molecule has 1 heterocycles. The summed E-state index contributed by atoms with van der Waals surface area (Å²) in [6.45, 7) is 4.07. The number of nitriles is 1. The third kappa shape index (κ3) is 5.04. The number of nitrogens with zero attached hydrogens (tertiary/aromatic N) is 4. The molecule has 8 nitrogen and oxygen atoms in total. The van der Waals surface area contributed by atoms with E-state index in [9.17, 15) is 9.59 Å². The van der Waals surface area contributed by atoms with E-state index in [0.717, 1.165) is 5.56 Å². The predicted molar refractivity (Wildman–Crippen MR) is 116 cm³/mol. The highest BCUT2D eigenvalue weighted by Crippen LogP contribution is 2.25. The van der Waals surface area contributed by atoms with Gasteiger partial charge in [-0.05, 0) is 43.3 Å². The third-order valence-corrected chi connectivity index (χ3v) is 5.12. The molecule has 0 unspecified atom stereocenters. The van der Waals surface area contributed by atoms with Crippen molar-refractivity contribution in [1.82, 2.24) is 14.8 Å². The Labute approximate surface area is 178 Å². The molecule has 0 saturated carbocycles. The summed E-state index contributed by atoms with van der Waals surface area (Å²) < 4.78 is 1.93. The van der Waals surface area contributed by atoms with Crippen molar-refractivity contribution in [1.29, 1.82) is 5.26 Å². The second-order valence-corrected chi connectivity index (χ2v) is 7.25. The van der Waals surface area contributed by atoms with E-state index in [1.807, 2.05) is 23.6 Å². The highest BCUT2D eigenvalue weighted by Gasteiger charge is 2.15. The van der Waals surface area contributed by atoms with Gasteiger partial charge < -0.3 is 15.2 Å². The van der Waals surface area contributed by atoms with Crippen LogP contribution >= 0.6 is 11.8 Å². The lowest BCUT2D eigenvalue weighted by Crippen LogP contribution is -2.15. The quantitative estimate of drug-likeness (QED) is 0.566. The van der Waals surface area contributed by atoms with Gasteiger partial charge in [-0.1, -0.05) is 23.9 Å². The van der Waals surface area contributed by atoms with Crippen molar-refractivity contribution in [3.8, 4) is 17.5 Å². The van der Waals surface area contributed by atoms with E-state index in [2.05, 4.69) is 26.9 Å². The van der Waals surface area contributed by atoms with Crippen LogP contribution in [0.25, 0.3) is 11.4 Å². The molecule has 0 atom stereocenters. The van der Waals surface area contributed by atoms with Gasteiger partial charge in [-0.15, -0.1) is 10.2 Å². The SMILES string of the molecule is CCn1c(SCC(=O)Nc2ccccc2C#N)nnc1-c1ccc(NC(C)=O)cc1. The minimum Gasteiger partial charge on any atom is -0.326 e. The third-order valence-electron chi connectivity index (χ3n) is 4.15. The Balaban J connectivity index is 1.69. The molecule has 0 bridgehead atoms. The number of hydrogen-bond donors (Lipinski definition) is 2. The normalized spacial score (nSPS) is 10.3. The molecule has 0 spiro atoms. The molecular formula is C21H20N6O2S. The van der Waals surface area contributed by atoms with Crippen molar-refractivity contribution >= 4 is 35.0 Å². The van der Waals surface area contributed by atoms with Gasteiger partial charge in [0.2, 0.25) is 11.8 Å². The molecule has 3 aromatic rings. The van der Waals surface area contributed by atoms with Gasteiger partial charge in [-0.2, -0.15) is 5.26 Å². The van der Waals surface area contributed by atoms with E-state index in [1.165, 1.54) is 18.7 Å². The number of hydrogen-bond acceptors (Lipinski definition) is 6. The maximum Gasteiger partial charge on any atom is 0.234 e. The summed E-state index contributed by atoms with van der Waals surface area (Å²) in [7, 11) is 0. The highest BCUT2D eigenvalue weighted by atomic mass is 32.2. The number of nitrogens with one attached hydrogen (secondary N) is 2. The molecule has 0 aliphatic carbocycles. The summed E-state index contributed by atoms with van der Waals surface area (Å²) in [5, 5.41) is 23.7. The van der Waals surface area contributed by atoms with Crippen molar-refractivity contribution in [2.45, 2.75) is 25.5 Å². The van der Waals surface area contributed by atoms with Gasteiger partial charge in [0.05, 0.1) is 17.0 Å². The summed E-state index contributed by atoms with van der Waals surface area (Å²) in [4.78, 5) is 23.5. The first-order chi connectivity index (χ1) is 14.5. The fourth-order valence-electron chi connectivity index (χ4n) is 2.81. The molecule has 0 radical (unpaired) electrons. The van der Waals surface area contributed by atoms with Crippen LogP contribution in [0.1, 0.15) is 19.4 Å². The highest BCUT2D eigenvalue weighted by molar-refractivity contribution is 7.99. The number of thioether (sulfide) groups is 1. The Morgan fingerprint density at radius 2 is 1.83 bits per heavy atom. The number of amides is 2. The van der Waals surface area contributed by atoms with Crippen LogP contribution in [0.4, 0.5) is 11.4 Å². The lowest BCUT2D eigenvalue weighted by atomic mass is 10.2. The van der Waals surface area contributed by atoms with E-state index in [1.54, 1.807) is 36.4 Å². The molecule has 30 heavy (non-hydrogen) atoms. The molecule has 152 valence electrons. The molecule has 0 fully saturated rings. The predicted octanol–water partition coefficient (Wildman–Crippen LogP) is 3.53. The van der Waals surface area contributed by atoms with Crippen molar-refractivity contribution in [2.24, 2.45) is 0 Å². The Morgan fingerprint density at radius 1 is 1.10 bits per heavy atom. The number of benzene rings is 2. The van der Waals surface area contributed by atoms with Gasteiger partial charge in [0.25, 0.3) is 0 Å². The molecule has 9 heteroatoms. The monoisotopic (exact) mass is 420 g/mol. The molecule has 1 aromatic heterocycles. The molecule has 2 N–H and O–H groups in total. The van der Waals surface area contributed by atoms with Crippen LogP contribution in [0.15, 0.2) is 53.7 Å². The molecule has 0 aliphatic heterocycles. The van der Waals surface area contributed by atoms with Gasteiger partial charge in [0.15, 0.2) is 11.0 Å². The van der Waals surface area contributed by atoms with Crippen LogP contribution in [0.3, 0.4) is 0 Å². The molecule has 2 aromatic carbocycles. The number of anilines is 2. The zero-order valence-electron chi connectivity index (χ0n) is 16.5. The lowest BCUT2D eigenvalue weighted by molar-refractivity contribution is -0.114. The molecular weight excluding hydrogens is 400 g/mol. The fraction of sp³-hybridized carbons (Fsp3) is 0.190. The molecule has 3 rings (SSSR count). The van der Waals surface area contributed by atoms with Gasteiger partial charge in [-0.3, -0.25) is 9.59 Å². The Bertz CT molecular complexity index is 1100. The Morgan fingerprint density at radius 3 is 2.50 bits per heavy atom. The second kappa shape index (κ2) is 9.71. The maximum atomic E-state index is 12.3. The maximum absolute atomic E-state index is 12.3. The van der Waals surface area contributed by atoms with Crippen molar-refractivity contribution in [3.63, 3.8) is 0 Å². The van der Waals surface area contributed by atoms with Crippen LogP contribution < -0.4 is 10.6 Å². The van der Waals surface area contributed by atoms with Gasteiger partial charge in [0.1, 0.15) is 6.07 Å². The number of aromatic nitrogens is 3.